The van der Waals surface area contributed by atoms with E-state index in [4.69, 9.17) is 4.74 Å². The van der Waals surface area contributed by atoms with Crippen LogP contribution >= 0.6 is 11.3 Å². The van der Waals surface area contributed by atoms with Crippen molar-refractivity contribution in [3.8, 4) is 5.75 Å². The van der Waals surface area contributed by atoms with E-state index in [2.05, 4.69) is 10.3 Å². The van der Waals surface area contributed by atoms with E-state index in [0.29, 0.717) is 13.2 Å². The SMILES string of the molecule is Cc1ccsc1C(=O)NCc1ccc(OCc2cccnc2)cc1. The van der Waals surface area contributed by atoms with Gasteiger partial charge < -0.3 is 10.1 Å². The normalized spacial score (nSPS) is 10.4. The fourth-order valence-electron chi connectivity index (χ4n) is 2.22. The Morgan fingerprint density at radius 2 is 2.00 bits per heavy atom. The van der Waals surface area contributed by atoms with Crippen molar-refractivity contribution in [2.24, 2.45) is 0 Å². The molecule has 0 spiro atoms. The van der Waals surface area contributed by atoms with Crippen molar-refractivity contribution in [2.45, 2.75) is 20.1 Å². The van der Waals surface area contributed by atoms with Crippen LogP contribution in [0, 0.1) is 6.92 Å². The fraction of sp³-hybridized carbons (Fsp3) is 0.158. The van der Waals surface area contributed by atoms with Gasteiger partial charge in [-0.25, -0.2) is 0 Å². The molecule has 3 rings (SSSR count). The minimum absolute atomic E-state index is 0.0283. The van der Waals surface area contributed by atoms with Crippen molar-refractivity contribution < 1.29 is 9.53 Å². The lowest BCUT2D eigenvalue weighted by Crippen LogP contribution is -2.22. The van der Waals surface area contributed by atoms with Crippen molar-refractivity contribution in [3.05, 3.63) is 81.8 Å². The van der Waals surface area contributed by atoms with E-state index >= 15 is 0 Å². The summed E-state index contributed by atoms with van der Waals surface area (Å²) in [5, 5.41) is 4.87. The van der Waals surface area contributed by atoms with Crippen LogP contribution < -0.4 is 10.1 Å². The van der Waals surface area contributed by atoms with Crippen LogP contribution in [0.15, 0.2) is 60.2 Å². The van der Waals surface area contributed by atoms with E-state index in [9.17, 15) is 4.79 Å². The van der Waals surface area contributed by atoms with Crippen LogP contribution in [-0.2, 0) is 13.2 Å². The van der Waals surface area contributed by atoms with E-state index in [1.807, 2.05) is 54.8 Å². The summed E-state index contributed by atoms with van der Waals surface area (Å²) in [5.74, 6) is 0.766. The Bertz CT molecular complexity index is 798. The predicted molar refractivity (Wildman–Crippen MR) is 95.2 cm³/mol. The van der Waals surface area contributed by atoms with Crippen LogP contribution in [0.5, 0.6) is 5.75 Å². The van der Waals surface area contributed by atoms with Gasteiger partial charge in [-0.05, 0) is 47.7 Å². The van der Waals surface area contributed by atoms with Crippen molar-refractivity contribution in [1.29, 1.82) is 0 Å². The molecule has 1 N–H and O–H groups in total. The van der Waals surface area contributed by atoms with Gasteiger partial charge in [0.15, 0.2) is 0 Å². The molecule has 0 fully saturated rings. The number of carbonyl (C=O) groups is 1. The fourth-order valence-corrected chi connectivity index (χ4v) is 3.06. The number of pyridine rings is 1. The Hall–Kier alpha value is -2.66. The summed E-state index contributed by atoms with van der Waals surface area (Å²) in [6.07, 6.45) is 3.53. The number of hydrogen-bond acceptors (Lipinski definition) is 4. The van der Waals surface area contributed by atoms with Gasteiger partial charge in [0.1, 0.15) is 12.4 Å². The summed E-state index contributed by atoms with van der Waals surface area (Å²) in [7, 11) is 0. The zero-order chi connectivity index (χ0) is 16.8. The molecule has 0 saturated heterocycles. The number of hydrogen-bond donors (Lipinski definition) is 1. The molecule has 5 heteroatoms. The Balaban J connectivity index is 1.51. The number of aromatic nitrogens is 1. The monoisotopic (exact) mass is 338 g/mol. The van der Waals surface area contributed by atoms with Crippen molar-refractivity contribution in [2.75, 3.05) is 0 Å². The van der Waals surface area contributed by atoms with E-state index in [1.54, 1.807) is 12.4 Å². The lowest BCUT2D eigenvalue weighted by atomic mass is 10.2. The molecule has 0 saturated carbocycles. The molecule has 2 aromatic heterocycles. The summed E-state index contributed by atoms with van der Waals surface area (Å²) in [4.78, 5) is 16.9. The molecule has 0 bridgehead atoms. The van der Waals surface area contributed by atoms with Crippen LogP contribution in [0.1, 0.15) is 26.4 Å². The quantitative estimate of drug-likeness (QED) is 0.740. The average Bonchev–Trinajstić information content (AvgIpc) is 3.06. The molecular weight excluding hydrogens is 320 g/mol. The molecule has 0 radical (unpaired) electrons. The topological polar surface area (TPSA) is 51.2 Å². The van der Waals surface area contributed by atoms with Crippen LogP contribution in [-0.4, -0.2) is 10.9 Å². The number of ether oxygens (including phenoxy) is 1. The number of aryl methyl sites for hydroxylation is 1. The smallest absolute Gasteiger partial charge is 0.261 e. The number of rotatable bonds is 6. The van der Waals surface area contributed by atoms with E-state index in [-0.39, 0.29) is 5.91 Å². The first-order valence-electron chi connectivity index (χ1n) is 7.65. The van der Waals surface area contributed by atoms with Crippen molar-refractivity contribution in [1.82, 2.24) is 10.3 Å². The molecule has 122 valence electrons. The number of thiophene rings is 1. The number of nitrogens with zero attached hydrogens (tertiary/aromatic N) is 1. The van der Waals surface area contributed by atoms with Gasteiger partial charge in [-0.2, -0.15) is 0 Å². The second-order valence-electron chi connectivity index (χ2n) is 5.41. The molecule has 0 aliphatic heterocycles. The first-order chi connectivity index (χ1) is 11.7. The van der Waals surface area contributed by atoms with Gasteiger partial charge in [0.25, 0.3) is 5.91 Å². The zero-order valence-electron chi connectivity index (χ0n) is 13.4. The molecule has 0 aliphatic rings. The van der Waals surface area contributed by atoms with E-state index < -0.39 is 0 Å². The largest absolute Gasteiger partial charge is 0.489 e. The Labute approximate surface area is 145 Å². The van der Waals surface area contributed by atoms with Gasteiger partial charge in [-0.3, -0.25) is 9.78 Å². The maximum Gasteiger partial charge on any atom is 0.261 e. The maximum absolute atomic E-state index is 12.1. The van der Waals surface area contributed by atoms with Gasteiger partial charge in [0.2, 0.25) is 0 Å². The van der Waals surface area contributed by atoms with Gasteiger partial charge >= 0.3 is 0 Å². The number of amides is 1. The molecule has 0 atom stereocenters. The van der Waals surface area contributed by atoms with Gasteiger partial charge in [-0.1, -0.05) is 18.2 Å². The lowest BCUT2D eigenvalue weighted by molar-refractivity contribution is 0.0954. The minimum Gasteiger partial charge on any atom is -0.489 e. The highest BCUT2D eigenvalue weighted by atomic mass is 32.1. The first-order valence-corrected chi connectivity index (χ1v) is 8.53. The van der Waals surface area contributed by atoms with Crippen molar-refractivity contribution >= 4 is 17.2 Å². The summed E-state index contributed by atoms with van der Waals surface area (Å²) < 4.78 is 5.72. The molecule has 0 unspecified atom stereocenters. The third-order valence-electron chi connectivity index (χ3n) is 3.57. The summed E-state index contributed by atoms with van der Waals surface area (Å²) in [6.45, 7) is 2.93. The van der Waals surface area contributed by atoms with Crippen LogP contribution in [0.3, 0.4) is 0 Å². The zero-order valence-corrected chi connectivity index (χ0v) is 14.2. The van der Waals surface area contributed by atoms with E-state index in [1.165, 1.54) is 11.3 Å². The minimum atomic E-state index is -0.0283. The molecular formula is C19H18N2O2S. The van der Waals surface area contributed by atoms with E-state index in [0.717, 1.165) is 27.3 Å². The molecule has 1 amide bonds. The van der Waals surface area contributed by atoms with Crippen LogP contribution in [0.2, 0.25) is 0 Å². The molecule has 3 aromatic rings. The average molecular weight is 338 g/mol. The highest BCUT2D eigenvalue weighted by Crippen LogP contribution is 2.16. The highest BCUT2D eigenvalue weighted by Gasteiger charge is 2.09. The number of nitrogens with one attached hydrogen (secondary N) is 1. The highest BCUT2D eigenvalue weighted by molar-refractivity contribution is 7.12. The Morgan fingerprint density at radius 1 is 1.17 bits per heavy atom. The Morgan fingerprint density at radius 3 is 2.67 bits per heavy atom. The summed E-state index contributed by atoms with van der Waals surface area (Å²) in [5.41, 5.74) is 3.07. The molecule has 1 aromatic carbocycles. The standard InChI is InChI=1S/C19H18N2O2S/c1-14-8-10-24-18(14)19(22)21-12-15-4-6-17(7-5-15)23-13-16-3-2-9-20-11-16/h2-11H,12-13H2,1H3,(H,21,22). The predicted octanol–water partition coefficient (Wildman–Crippen LogP) is 3.96. The van der Waals surface area contributed by atoms with Gasteiger partial charge in [0, 0.05) is 24.5 Å². The third-order valence-corrected chi connectivity index (χ3v) is 4.59. The molecule has 4 nitrogen and oxygen atoms in total. The van der Waals surface area contributed by atoms with Gasteiger partial charge in [-0.15, -0.1) is 11.3 Å². The number of benzene rings is 1. The van der Waals surface area contributed by atoms with Gasteiger partial charge in [0.05, 0.1) is 4.88 Å². The van der Waals surface area contributed by atoms with Crippen LogP contribution in [0.4, 0.5) is 0 Å². The first kappa shape index (κ1) is 16.2. The molecule has 2 heterocycles. The maximum atomic E-state index is 12.1. The Kier molecular flexibility index (Phi) is 5.23. The summed E-state index contributed by atoms with van der Waals surface area (Å²) >= 11 is 1.46. The molecule has 24 heavy (non-hydrogen) atoms. The van der Waals surface area contributed by atoms with Crippen molar-refractivity contribution in [3.63, 3.8) is 0 Å². The third kappa shape index (κ3) is 4.20. The van der Waals surface area contributed by atoms with Crippen LogP contribution in [0.25, 0.3) is 0 Å². The second-order valence-corrected chi connectivity index (χ2v) is 6.33. The summed E-state index contributed by atoms with van der Waals surface area (Å²) in [6, 6.07) is 13.6. The second kappa shape index (κ2) is 7.75. The molecule has 0 aliphatic carbocycles. The number of carbonyl (C=O) groups excluding carboxylic acids is 1. The lowest BCUT2D eigenvalue weighted by Gasteiger charge is -2.08.